The average Bonchev–Trinajstić information content (AvgIpc) is 2.29. The van der Waals surface area contributed by atoms with E-state index in [4.69, 9.17) is 0 Å². The third kappa shape index (κ3) is 1.14. The largest absolute Gasteiger partial charge is 0.387 e. The van der Waals surface area contributed by atoms with Crippen LogP contribution in [0.3, 0.4) is 0 Å². The number of nitrogens with zero attached hydrogens (tertiary/aromatic N) is 2. The third-order valence-corrected chi connectivity index (χ3v) is 2.55. The molecule has 66 valence electrons. The van der Waals surface area contributed by atoms with Gasteiger partial charge in [-0.3, -0.25) is 4.68 Å². The van der Waals surface area contributed by atoms with Crippen LogP contribution >= 0.6 is 0 Å². The van der Waals surface area contributed by atoms with Crippen molar-refractivity contribution in [3.63, 3.8) is 0 Å². The minimum Gasteiger partial charge on any atom is -0.387 e. The summed E-state index contributed by atoms with van der Waals surface area (Å²) in [6.07, 6.45) is 5.83. The highest BCUT2D eigenvalue weighted by molar-refractivity contribution is 5.21. The molecular formula is C9H14N2O. The van der Waals surface area contributed by atoms with E-state index in [-0.39, 0.29) is 6.10 Å². The number of aryl methyl sites for hydroxylation is 2. The van der Waals surface area contributed by atoms with Crippen molar-refractivity contribution in [2.75, 3.05) is 0 Å². The Bertz CT molecular complexity index is 280. The summed E-state index contributed by atoms with van der Waals surface area (Å²) in [4.78, 5) is 0. The van der Waals surface area contributed by atoms with Gasteiger partial charge in [0, 0.05) is 7.05 Å². The molecule has 3 nitrogen and oxygen atoms in total. The molecule has 0 fully saturated rings. The van der Waals surface area contributed by atoms with E-state index in [1.165, 1.54) is 12.0 Å². The maximum absolute atomic E-state index is 9.75. The molecule has 0 saturated heterocycles. The van der Waals surface area contributed by atoms with Gasteiger partial charge < -0.3 is 5.11 Å². The first kappa shape index (κ1) is 7.80. The molecule has 1 aliphatic carbocycles. The first-order valence-corrected chi connectivity index (χ1v) is 4.48. The van der Waals surface area contributed by atoms with Gasteiger partial charge >= 0.3 is 0 Å². The normalized spacial score (nSPS) is 23.3. The maximum Gasteiger partial charge on any atom is 0.0959 e. The van der Waals surface area contributed by atoms with E-state index in [0.717, 1.165) is 25.0 Å². The summed E-state index contributed by atoms with van der Waals surface area (Å²) in [5.41, 5.74) is 2.25. The zero-order valence-electron chi connectivity index (χ0n) is 7.32. The molecule has 0 radical (unpaired) electrons. The molecule has 1 heterocycles. The van der Waals surface area contributed by atoms with Crippen molar-refractivity contribution in [2.45, 2.75) is 31.8 Å². The fourth-order valence-electron chi connectivity index (χ4n) is 1.90. The molecule has 1 aliphatic rings. The summed E-state index contributed by atoms with van der Waals surface area (Å²) in [6, 6.07) is 0. The molecule has 0 aliphatic heterocycles. The van der Waals surface area contributed by atoms with Crippen LogP contribution in [0.5, 0.6) is 0 Å². The van der Waals surface area contributed by atoms with Crippen molar-refractivity contribution in [1.82, 2.24) is 9.78 Å². The van der Waals surface area contributed by atoms with Crippen LogP contribution in [0.15, 0.2) is 6.20 Å². The summed E-state index contributed by atoms with van der Waals surface area (Å²) >= 11 is 0. The fourth-order valence-corrected chi connectivity index (χ4v) is 1.90. The first-order chi connectivity index (χ1) is 5.79. The molecule has 0 aromatic carbocycles. The molecule has 1 aromatic rings. The molecule has 2 rings (SSSR count). The highest BCUT2D eigenvalue weighted by Gasteiger charge is 2.19. The van der Waals surface area contributed by atoms with E-state index in [1.54, 1.807) is 4.68 Å². The van der Waals surface area contributed by atoms with Gasteiger partial charge in [0.25, 0.3) is 0 Å². The standard InChI is InChI=1S/C9H14N2O/c1-11-9-7(6-10-11)4-2-3-5-8(9)12/h6,8,12H,2-5H2,1H3. The van der Waals surface area contributed by atoms with Gasteiger partial charge in [-0.05, 0) is 24.8 Å². The SMILES string of the molecule is Cn1ncc2c1C(O)CCCC2. The van der Waals surface area contributed by atoms with E-state index in [2.05, 4.69) is 5.10 Å². The zero-order chi connectivity index (χ0) is 8.55. The molecule has 1 atom stereocenters. The van der Waals surface area contributed by atoms with Gasteiger partial charge in [0.15, 0.2) is 0 Å². The molecule has 3 heteroatoms. The maximum atomic E-state index is 9.75. The van der Waals surface area contributed by atoms with Crippen molar-refractivity contribution < 1.29 is 5.11 Å². The van der Waals surface area contributed by atoms with Gasteiger partial charge in [-0.1, -0.05) is 6.42 Å². The number of rotatable bonds is 0. The van der Waals surface area contributed by atoms with Crippen molar-refractivity contribution in [1.29, 1.82) is 0 Å². The minimum absolute atomic E-state index is 0.296. The summed E-state index contributed by atoms with van der Waals surface area (Å²) in [7, 11) is 1.90. The van der Waals surface area contributed by atoms with Crippen LogP contribution in [0.1, 0.15) is 36.6 Å². The molecule has 0 bridgehead atoms. The quantitative estimate of drug-likeness (QED) is 0.588. The summed E-state index contributed by atoms with van der Waals surface area (Å²) in [6.45, 7) is 0. The van der Waals surface area contributed by atoms with Crippen LogP contribution in [-0.4, -0.2) is 14.9 Å². The van der Waals surface area contributed by atoms with Gasteiger partial charge in [0.05, 0.1) is 18.0 Å². The lowest BCUT2D eigenvalue weighted by Crippen LogP contribution is -2.05. The lowest BCUT2D eigenvalue weighted by molar-refractivity contribution is 0.157. The predicted molar refractivity (Wildman–Crippen MR) is 45.7 cm³/mol. The minimum atomic E-state index is -0.296. The van der Waals surface area contributed by atoms with Crippen LogP contribution in [0.2, 0.25) is 0 Å². The second-order valence-corrected chi connectivity index (χ2v) is 3.44. The predicted octanol–water partition coefficient (Wildman–Crippen LogP) is 1.18. The van der Waals surface area contributed by atoms with Gasteiger partial charge in [-0.2, -0.15) is 5.10 Å². The monoisotopic (exact) mass is 166 g/mol. The molecule has 0 saturated carbocycles. The summed E-state index contributed by atoms with van der Waals surface area (Å²) < 4.78 is 1.80. The zero-order valence-corrected chi connectivity index (χ0v) is 7.32. The smallest absolute Gasteiger partial charge is 0.0959 e. The number of hydrogen-bond donors (Lipinski definition) is 1. The number of hydrogen-bond acceptors (Lipinski definition) is 2. The van der Waals surface area contributed by atoms with Crippen LogP contribution < -0.4 is 0 Å². The summed E-state index contributed by atoms with van der Waals surface area (Å²) in [5.74, 6) is 0. The lowest BCUT2D eigenvalue weighted by Gasteiger charge is -2.08. The molecule has 0 amide bonds. The Morgan fingerprint density at radius 3 is 3.25 bits per heavy atom. The number of aliphatic hydroxyl groups is 1. The van der Waals surface area contributed by atoms with Crippen molar-refractivity contribution in [3.8, 4) is 0 Å². The highest BCUT2D eigenvalue weighted by Crippen LogP contribution is 2.27. The second kappa shape index (κ2) is 2.90. The number of aromatic nitrogens is 2. The molecular weight excluding hydrogens is 152 g/mol. The van der Waals surface area contributed by atoms with E-state index < -0.39 is 0 Å². The number of fused-ring (bicyclic) bond motifs is 1. The fraction of sp³-hybridized carbons (Fsp3) is 0.667. The molecule has 12 heavy (non-hydrogen) atoms. The molecule has 1 N–H and O–H groups in total. The third-order valence-electron chi connectivity index (χ3n) is 2.55. The molecule has 1 aromatic heterocycles. The van der Waals surface area contributed by atoms with E-state index in [0.29, 0.717) is 0 Å². The van der Waals surface area contributed by atoms with Gasteiger partial charge in [-0.15, -0.1) is 0 Å². The summed E-state index contributed by atoms with van der Waals surface area (Å²) in [5, 5.41) is 13.9. The van der Waals surface area contributed by atoms with Gasteiger partial charge in [0.2, 0.25) is 0 Å². The van der Waals surface area contributed by atoms with Gasteiger partial charge in [-0.25, -0.2) is 0 Å². The van der Waals surface area contributed by atoms with E-state index >= 15 is 0 Å². The molecule has 0 spiro atoms. The first-order valence-electron chi connectivity index (χ1n) is 4.48. The van der Waals surface area contributed by atoms with Crippen molar-refractivity contribution in [2.24, 2.45) is 7.05 Å². The van der Waals surface area contributed by atoms with E-state index in [9.17, 15) is 5.11 Å². The van der Waals surface area contributed by atoms with E-state index in [1.807, 2.05) is 13.2 Å². The van der Waals surface area contributed by atoms with Crippen LogP contribution in [-0.2, 0) is 13.5 Å². The van der Waals surface area contributed by atoms with Gasteiger partial charge in [0.1, 0.15) is 0 Å². The number of aliphatic hydroxyl groups excluding tert-OH is 1. The average molecular weight is 166 g/mol. The topological polar surface area (TPSA) is 38.0 Å². The van der Waals surface area contributed by atoms with Crippen molar-refractivity contribution in [3.05, 3.63) is 17.5 Å². The Hall–Kier alpha value is -0.830. The van der Waals surface area contributed by atoms with Crippen LogP contribution in [0.25, 0.3) is 0 Å². The Morgan fingerprint density at radius 1 is 1.58 bits per heavy atom. The van der Waals surface area contributed by atoms with Crippen molar-refractivity contribution >= 4 is 0 Å². The Balaban J connectivity index is 2.42. The second-order valence-electron chi connectivity index (χ2n) is 3.44. The van der Waals surface area contributed by atoms with Crippen LogP contribution in [0, 0.1) is 0 Å². The Labute approximate surface area is 72.0 Å². The lowest BCUT2D eigenvalue weighted by atomic mass is 10.1. The van der Waals surface area contributed by atoms with Crippen LogP contribution in [0.4, 0.5) is 0 Å². The Kier molecular flexibility index (Phi) is 1.89. The Morgan fingerprint density at radius 2 is 2.42 bits per heavy atom. The highest BCUT2D eigenvalue weighted by atomic mass is 16.3. The molecule has 1 unspecified atom stereocenters.